The first kappa shape index (κ1) is 30.4. The summed E-state index contributed by atoms with van der Waals surface area (Å²) in [6.07, 6.45) is 3.00. The first-order chi connectivity index (χ1) is 19.9. The standard InChI is InChI=1S/C32H39N3O5S/c1-2-40-23-9-22-33-32(37)31(27-12-7-4-8-13-27)35(24-26-10-5-3-6-11-26)30(36)21-16-25-14-19-29(20-15-25)41(38,39)34-28-17-18-28/h3-8,10-15,19-20,28,31,34H,2,9,16-18,21-24H2,1H3,(H,33,37). The third-order valence-electron chi connectivity index (χ3n) is 6.92. The number of nitrogens with one attached hydrogen (secondary N) is 2. The van der Waals surface area contributed by atoms with E-state index in [1.807, 2.05) is 67.6 Å². The van der Waals surface area contributed by atoms with Crippen molar-refractivity contribution < 1.29 is 22.7 Å². The molecule has 0 aromatic heterocycles. The Morgan fingerprint density at radius 2 is 1.59 bits per heavy atom. The molecule has 1 fully saturated rings. The van der Waals surface area contributed by atoms with Gasteiger partial charge in [0, 0.05) is 38.8 Å². The van der Waals surface area contributed by atoms with Crippen LogP contribution in [0.25, 0.3) is 0 Å². The van der Waals surface area contributed by atoms with Gasteiger partial charge in [0.2, 0.25) is 21.8 Å². The SMILES string of the molecule is CCOCCCNC(=O)C(c1ccccc1)N(Cc1ccccc1)C(=O)CCc1ccc(S(=O)(=O)NC2CC2)cc1. The first-order valence-electron chi connectivity index (χ1n) is 14.2. The van der Waals surface area contributed by atoms with E-state index in [0.29, 0.717) is 32.6 Å². The largest absolute Gasteiger partial charge is 0.382 e. The molecule has 0 saturated heterocycles. The number of carbonyl (C=O) groups excluding carboxylic acids is 2. The van der Waals surface area contributed by atoms with Crippen LogP contribution in [0.1, 0.15) is 55.3 Å². The van der Waals surface area contributed by atoms with Crippen LogP contribution in [0.5, 0.6) is 0 Å². The Hall–Kier alpha value is -3.53. The topological polar surface area (TPSA) is 105 Å². The number of aryl methyl sites for hydroxylation is 1. The molecule has 0 heterocycles. The molecule has 0 bridgehead atoms. The highest BCUT2D eigenvalue weighted by atomic mass is 32.2. The van der Waals surface area contributed by atoms with Crippen molar-refractivity contribution in [2.45, 2.75) is 62.6 Å². The van der Waals surface area contributed by atoms with Gasteiger partial charge in [-0.1, -0.05) is 72.8 Å². The lowest BCUT2D eigenvalue weighted by Gasteiger charge is -2.32. The second-order valence-electron chi connectivity index (χ2n) is 10.2. The molecule has 1 atom stereocenters. The average Bonchev–Trinajstić information content (AvgIpc) is 3.80. The van der Waals surface area contributed by atoms with Crippen LogP contribution in [-0.4, -0.2) is 50.9 Å². The quantitative estimate of drug-likeness (QED) is 0.246. The molecule has 4 rings (SSSR count). The van der Waals surface area contributed by atoms with Crippen LogP contribution in [0.15, 0.2) is 89.8 Å². The summed E-state index contributed by atoms with van der Waals surface area (Å²) in [4.78, 5) is 29.3. The molecule has 3 aromatic carbocycles. The second kappa shape index (κ2) is 14.9. The van der Waals surface area contributed by atoms with E-state index >= 15 is 0 Å². The number of rotatable bonds is 16. The summed E-state index contributed by atoms with van der Waals surface area (Å²) in [6, 6.07) is 24.8. The summed E-state index contributed by atoms with van der Waals surface area (Å²) in [5.74, 6) is -0.408. The van der Waals surface area contributed by atoms with Crippen molar-refractivity contribution in [2.75, 3.05) is 19.8 Å². The van der Waals surface area contributed by atoms with Gasteiger partial charge >= 0.3 is 0 Å². The van der Waals surface area contributed by atoms with E-state index in [1.165, 1.54) is 0 Å². The predicted octanol–water partition coefficient (Wildman–Crippen LogP) is 4.37. The molecule has 0 radical (unpaired) electrons. The van der Waals surface area contributed by atoms with Crippen LogP contribution in [0, 0.1) is 0 Å². The van der Waals surface area contributed by atoms with E-state index in [2.05, 4.69) is 10.0 Å². The summed E-state index contributed by atoms with van der Waals surface area (Å²) >= 11 is 0. The van der Waals surface area contributed by atoms with Gasteiger partial charge in [-0.15, -0.1) is 0 Å². The minimum Gasteiger partial charge on any atom is -0.382 e. The Morgan fingerprint density at radius 3 is 2.22 bits per heavy atom. The van der Waals surface area contributed by atoms with E-state index in [1.54, 1.807) is 29.2 Å². The molecular formula is C32H39N3O5S. The normalized spacial score (nSPS) is 13.9. The number of amides is 2. The minimum atomic E-state index is -3.54. The van der Waals surface area contributed by atoms with E-state index in [0.717, 1.165) is 29.5 Å². The number of hydrogen-bond acceptors (Lipinski definition) is 5. The van der Waals surface area contributed by atoms with E-state index < -0.39 is 16.1 Å². The monoisotopic (exact) mass is 577 g/mol. The van der Waals surface area contributed by atoms with Crippen molar-refractivity contribution >= 4 is 21.8 Å². The van der Waals surface area contributed by atoms with Crippen LogP contribution in [0.3, 0.4) is 0 Å². The van der Waals surface area contributed by atoms with Crippen LogP contribution < -0.4 is 10.0 Å². The van der Waals surface area contributed by atoms with Crippen molar-refractivity contribution in [1.82, 2.24) is 14.9 Å². The van der Waals surface area contributed by atoms with Gasteiger partial charge in [-0.05, 0) is 61.4 Å². The Kier molecular flexibility index (Phi) is 11.1. The summed E-state index contributed by atoms with van der Waals surface area (Å²) in [6.45, 7) is 3.82. The molecule has 1 aliphatic carbocycles. The fourth-order valence-corrected chi connectivity index (χ4v) is 5.86. The van der Waals surface area contributed by atoms with Gasteiger partial charge in [-0.3, -0.25) is 9.59 Å². The highest BCUT2D eigenvalue weighted by molar-refractivity contribution is 7.89. The summed E-state index contributed by atoms with van der Waals surface area (Å²) in [5.41, 5.74) is 2.50. The number of carbonyl (C=O) groups is 2. The molecule has 8 nitrogen and oxygen atoms in total. The van der Waals surface area contributed by atoms with Gasteiger partial charge in [0.1, 0.15) is 6.04 Å². The maximum atomic E-state index is 13.8. The van der Waals surface area contributed by atoms with Gasteiger partial charge < -0.3 is 15.0 Å². The summed E-state index contributed by atoms with van der Waals surface area (Å²) in [7, 11) is -3.54. The maximum absolute atomic E-state index is 13.8. The van der Waals surface area contributed by atoms with Crippen LogP contribution in [-0.2, 0) is 37.3 Å². The zero-order chi connectivity index (χ0) is 29.1. The lowest BCUT2D eigenvalue weighted by atomic mass is 10.0. The number of ether oxygens (including phenoxy) is 1. The van der Waals surface area contributed by atoms with Crippen molar-refractivity contribution in [3.05, 3.63) is 102 Å². The van der Waals surface area contributed by atoms with Gasteiger partial charge in [-0.25, -0.2) is 13.1 Å². The Bertz CT molecular complexity index is 1360. The van der Waals surface area contributed by atoms with Gasteiger partial charge in [0.05, 0.1) is 4.90 Å². The molecule has 1 aliphatic rings. The third kappa shape index (κ3) is 9.24. The van der Waals surface area contributed by atoms with Crippen LogP contribution >= 0.6 is 0 Å². The zero-order valence-electron chi connectivity index (χ0n) is 23.5. The third-order valence-corrected chi connectivity index (χ3v) is 8.46. The Labute approximate surface area is 243 Å². The Balaban J connectivity index is 1.51. The highest BCUT2D eigenvalue weighted by Crippen LogP contribution is 2.26. The lowest BCUT2D eigenvalue weighted by Crippen LogP contribution is -2.43. The van der Waals surface area contributed by atoms with Crippen molar-refractivity contribution in [3.63, 3.8) is 0 Å². The highest BCUT2D eigenvalue weighted by Gasteiger charge is 2.31. The fraction of sp³-hybridized carbons (Fsp3) is 0.375. The molecule has 2 N–H and O–H groups in total. The predicted molar refractivity (Wildman–Crippen MR) is 158 cm³/mol. The molecular weight excluding hydrogens is 538 g/mol. The van der Waals surface area contributed by atoms with Gasteiger partial charge in [0.25, 0.3) is 0 Å². The molecule has 0 aliphatic heterocycles. The molecule has 218 valence electrons. The number of hydrogen-bond donors (Lipinski definition) is 2. The summed E-state index contributed by atoms with van der Waals surface area (Å²) in [5, 5.41) is 3.00. The van der Waals surface area contributed by atoms with E-state index in [-0.39, 0.29) is 35.7 Å². The zero-order valence-corrected chi connectivity index (χ0v) is 24.3. The average molecular weight is 578 g/mol. The number of benzene rings is 3. The molecule has 2 amide bonds. The number of sulfonamides is 1. The van der Waals surface area contributed by atoms with E-state index in [9.17, 15) is 18.0 Å². The van der Waals surface area contributed by atoms with Crippen LogP contribution in [0.4, 0.5) is 0 Å². The van der Waals surface area contributed by atoms with Crippen molar-refractivity contribution in [1.29, 1.82) is 0 Å². The summed E-state index contributed by atoms with van der Waals surface area (Å²) < 4.78 is 33.1. The molecule has 3 aromatic rings. The smallest absolute Gasteiger partial charge is 0.247 e. The van der Waals surface area contributed by atoms with Crippen LogP contribution in [0.2, 0.25) is 0 Å². The van der Waals surface area contributed by atoms with Crippen molar-refractivity contribution in [2.24, 2.45) is 0 Å². The molecule has 1 saturated carbocycles. The van der Waals surface area contributed by atoms with Gasteiger partial charge in [-0.2, -0.15) is 0 Å². The maximum Gasteiger partial charge on any atom is 0.247 e. The molecule has 0 spiro atoms. The molecule has 9 heteroatoms. The van der Waals surface area contributed by atoms with Gasteiger partial charge in [0.15, 0.2) is 0 Å². The Morgan fingerprint density at radius 1 is 0.927 bits per heavy atom. The number of nitrogens with zero attached hydrogens (tertiary/aromatic N) is 1. The first-order valence-corrected chi connectivity index (χ1v) is 15.7. The van der Waals surface area contributed by atoms with E-state index in [4.69, 9.17) is 4.74 Å². The fourth-order valence-electron chi connectivity index (χ4n) is 4.56. The minimum absolute atomic E-state index is 0.0346. The molecule has 41 heavy (non-hydrogen) atoms. The van der Waals surface area contributed by atoms with Crippen molar-refractivity contribution in [3.8, 4) is 0 Å². The lowest BCUT2D eigenvalue weighted by molar-refractivity contribution is -0.141. The second-order valence-corrected chi connectivity index (χ2v) is 11.9. The molecule has 1 unspecified atom stereocenters.